The van der Waals surface area contributed by atoms with E-state index in [1.54, 1.807) is 18.3 Å². The first kappa shape index (κ1) is 11.2. The van der Waals surface area contributed by atoms with Gasteiger partial charge in [-0.1, -0.05) is 6.07 Å². The van der Waals surface area contributed by atoms with Crippen LogP contribution in [0.2, 0.25) is 0 Å². The summed E-state index contributed by atoms with van der Waals surface area (Å²) in [6, 6.07) is 10.9. The molecule has 0 amide bonds. The maximum Gasteiger partial charge on any atom is 0.229 e. The highest BCUT2D eigenvalue weighted by Gasteiger charge is 2.16. The minimum Gasteiger partial charge on any atom is -0.460 e. The van der Waals surface area contributed by atoms with Crippen molar-refractivity contribution in [3.05, 3.63) is 64.7 Å². The number of ketones is 1. The number of carbonyl (C=O) groups is 1. The summed E-state index contributed by atoms with van der Waals surface area (Å²) in [7, 11) is 0. The highest BCUT2D eigenvalue weighted by atomic mass is 79.9. The first-order valence-corrected chi connectivity index (χ1v) is 6.17. The van der Waals surface area contributed by atoms with Crippen molar-refractivity contribution in [2.24, 2.45) is 0 Å². The largest absolute Gasteiger partial charge is 0.460 e. The number of hydrogen-bond acceptors (Lipinski definition) is 3. The quantitative estimate of drug-likeness (QED) is 0.676. The minimum absolute atomic E-state index is 0.141. The van der Waals surface area contributed by atoms with Crippen LogP contribution in [-0.2, 0) is 0 Å². The van der Waals surface area contributed by atoms with E-state index in [4.69, 9.17) is 4.42 Å². The van der Waals surface area contributed by atoms with Gasteiger partial charge in [-0.2, -0.15) is 0 Å². The third-order valence-corrected chi connectivity index (χ3v) is 3.31. The number of furan rings is 1. The number of hydrogen-bond donors (Lipinski definition) is 0. The maximum absolute atomic E-state index is 12.2. The van der Waals surface area contributed by atoms with Gasteiger partial charge in [0.15, 0.2) is 5.76 Å². The Labute approximate surface area is 112 Å². The lowest BCUT2D eigenvalue weighted by atomic mass is 10.1. The van der Waals surface area contributed by atoms with E-state index in [0.29, 0.717) is 15.8 Å². The third-order valence-electron chi connectivity index (χ3n) is 2.69. The lowest BCUT2D eigenvalue weighted by Crippen LogP contribution is -2.00. The average molecular weight is 302 g/mol. The average Bonchev–Trinajstić information content (AvgIpc) is 2.83. The van der Waals surface area contributed by atoms with Gasteiger partial charge >= 0.3 is 0 Å². The van der Waals surface area contributed by atoms with Gasteiger partial charge in [-0.25, -0.2) is 0 Å². The first-order chi connectivity index (χ1) is 8.75. The molecule has 0 saturated heterocycles. The maximum atomic E-state index is 12.2. The molecule has 3 nitrogen and oxygen atoms in total. The van der Waals surface area contributed by atoms with Crippen molar-refractivity contribution in [2.45, 2.75) is 0 Å². The lowest BCUT2D eigenvalue weighted by Gasteiger charge is -2.01. The highest BCUT2D eigenvalue weighted by molar-refractivity contribution is 9.10. The van der Waals surface area contributed by atoms with Gasteiger partial charge in [0.25, 0.3) is 0 Å². The Bertz CT molecular complexity index is 733. The van der Waals surface area contributed by atoms with Crippen LogP contribution in [0.15, 0.2) is 57.7 Å². The van der Waals surface area contributed by atoms with Crippen molar-refractivity contribution >= 4 is 32.6 Å². The normalized spacial score (nSPS) is 10.7. The summed E-state index contributed by atoms with van der Waals surface area (Å²) >= 11 is 3.29. The van der Waals surface area contributed by atoms with E-state index in [1.165, 1.54) is 6.26 Å². The minimum atomic E-state index is -0.141. The van der Waals surface area contributed by atoms with Crippen LogP contribution in [-0.4, -0.2) is 10.8 Å². The fourth-order valence-electron chi connectivity index (χ4n) is 1.80. The van der Waals surface area contributed by atoms with Crippen LogP contribution in [0, 0.1) is 0 Å². The topological polar surface area (TPSA) is 43.1 Å². The van der Waals surface area contributed by atoms with E-state index in [1.807, 2.05) is 24.3 Å². The molecule has 0 atom stereocenters. The second-order valence-electron chi connectivity index (χ2n) is 3.84. The van der Waals surface area contributed by atoms with E-state index >= 15 is 0 Å². The molecule has 0 unspecified atom stereocenters. The molecule has 0 fully saturated rings. The Morgan fingerprint density at radius 1 is 1.22 bits per heavy atom. The van der Waals surface area contributed by atoms with Crippen LogP contribution < -0.4 is 0 Å². The molecule has 2 aromatic heterocycles. The second-order valence-corrected chi connectivity index (χ2v) is 4.69. The number of pyridine rings is 1. The zero-order valence-electron chi connectivity index (χ0n) is 9.26. The van der Waals surface area contributed by atoms with Gasteiger partial charge in [-0.05, 0) is 46.3 Å². The number of fused-ring (bicyclic) bond motifs is 1. The number of halogens is 1. The molecule has 0 aliphatic rings. The Balaban J connectivity index is 2.10. The molecule has 0 bridgehead atoms. The summed E-state index contributed by atoms with van der Waals surface area (Å²) in [5.41, 5.74) is 1.46. The molecule has 0 N–H and O–H groups in total. The van der Waals surface area contributed by atoms with Gasteiger partial charge < -0.3 is 4.42 Å². The molecular weight excluding hydrogens is 294 g/mol. The van der Waals surface area contributed by atoms with Crippen LogP contribution in [0.1, 0.15) is 16.1 Å². The summed E-state index contributed by atoms with van der Waals surface area (Å²) < 4.78 is 5.85. The van der Waals surface area contributed by atoms with Crippen LogP contribution in [0.3, 0.4) is 0 Å². The summed E-state index contributed by atoms with van der Waals surface area (Å²) in [6.45, 7) is 0. The fourth-order valence-corrected chi connectivity index (χ4v) is 2.19. The second kappa shape index (κ2) is 4.38. The molecule has 2 heterocycles. The Kier molecular flexibility index (Phi) is 2.72. The van der Waals surface area contributed by atoms with Crippen molar-refractivity contribution in [3.8, 4) is 0 Å². The number of nitrogens with zero attached hydrogens (tertiary/aromatic N) is 1. The SMILES string of the molecule is O=C(c1ccc2ncccc2c1)c1occc1Br. The number of rotatable bonds is 2. The smallest absolute Gasteiger partial charge is 0.229 e. The van der Waals surface area contributed by atoms with Crippen LogP contribution in [0.5, 0.6) is 0 Å². The summed E-state index contributed by atoms with van der Waals surface area (Å²) in [4.78, 5) is 16.4. The zero-order valence-corrected chi connectivity index (χ0v) is 10.8. The van der Waals surface area contributed by atoms with E-state index in [9.17, 15) is 4.79 Å². The summed E-state index contributed by atoms with van der Waals surface area (Å²) in [5.74, 6) is 0.177. The molecule has 0 saturated carbocycles. The van der Waals surface area contributed by atoms with Crippen LogP contribution >= 0.6 is 15.9 Å². The molecule has 3 aromatic rings. The molecule has 88 valence electrons. The molecule has 1 aromatic carbocycles. The number of aromatic nitrogens is 1. The third kappa shape index (κ3) is 1.84. The molecular formula is C14H8BrNO2. The predicted octanol–water partition coefficient (Wildman–Crippen LogP) is 3.82. The molecule has 0 aliphatic heterocycles. The van der Waals surface area contributed by atoms with E-state index in [0.717, 1.165) is 10.9 Å². The molecule has 3 rings (SSSR count). The van der Waals surface area contributed by atoms with Gasteiger partial charge in [0, 0.05) is 17.1 Å². The molecule has 0 radical (unpaired) electrons. The Morgan fingerprint density at radius 2 is 2.11 bits per heavy atom. The van der Waals surface area contributed by atoms with Crippen molar-refractivity contribution in [1.29, 1.82) is 0 Å². The lowest BCUT2D eigenvalue weighted by molar-refractivity contribution is 0.101. The zero-order chi connectivity index (χ0) is 12.5. The van der Waals surface area contributed by atoms with E-state index in [2.05, 4.69) is 20.9 Å². The molecule has 0 aliphatic carbocycles. The van der Waals surface area contributed by atoms with Crippen molar-refractivity contribution in [2.75, 3.05) is 0 Å². The van der Waals surface area contributed by atoms with Crippen molar-refractivity contribution < 1.29 is 9.21 Å². The highest BCUT2D eigenvalue weighted by Crippen LogP contribution is 2.22. The summed E-state index contributed by atoms with van der Waals surface area (Å²) in [6.07, 6.45) is 3.22. The van der Waals surface area contributed by atoms with Gasteiger partial charge in [-0.3, -0.25) is 9.78 Å². The van der Waals surface area contributed by atoms with E-state index in [-0.39, 0.29) is 5.78 Å². The van der Waals surface area contributed by atoms with Gasteiger partial charge in [0.2, 0.25) is 5.78 Å². The van der Waals surface area contributed by atoms with Gasteiger partial charge in [0.05, 0.1) is 16.3 Å². The number of carbonyl (C=O) groups excluding carboxylic acids is 1. The Hall–Kier alpha value is -1.94. The van der Waals surface area contributed by atoms with Crippen LogP contribution in [0.4, 0.5) is 0 Å². The fraction of sp³-hybridized carbons (Fsp3) is 0. The standard InChI is InChI=1S/C14H8BrNO2/c15-11-5-7-18-14(11)13(17)10-3-4-12-9(8-10)2-1-6-16-12/h1-8H. The first-order valence-electron chi connectivity index (χ1n) is 5.38. The molecule has 4 heteroatoms. The van der Waals surface area contributed by atoms with E-state index < -0.39 is 0 Å². The molecule has 0 spiro atoms. The van der Waals surface area contributed by atoms with Gasteiger partial charge in [-0.15, -0.1) is 0 Å². The van der Waals surface area contributed by atoms with Gasteiger partial charge in [0.1, 0.15) is 0 Å². The predicted molar refractivity (Wildman–Crippen MR) is 71.6 cm³/mol. The number of benzene rings is 1. The van der Waals surface area contributed by atoms with Crippen molar-refractivity contribution in [1.82, 2.24) is 4.98 Å². The van der Waals surface area contributed by atoms with Crippen molar-refractivity contribution in [3.63, 3.8) is 0 Å². The Morgan fingerprint density at radius 3 is 2.89 bits per heavy atom. The monoisotopic (exact) mass is 301 g/mol. The van der Waals surface area contributed by atoms with Crippen LogP contribution in [0.25, 0.3) is 10.9 Å². The molecule has 18 heavy (non-hydrogen) atoms. The summed E-state index contributed by atoms with van der Waals surface area (Å²) in [5, 5.41) is 0.936.